The lowest BCUT2D eigenvalue weighted by Crippen LogP contribution is -2.28. The molecule has 0 spiro atoms. The van der Waals surface area contributed by atoms with Gasteiger partial charge in [0.05, 0.1) is 23.9 Å². The number of carbonyl (C=O) groups excluding carboxylic acids is 1. The summed E-state index contributed by atoms with van der Waals surface area (Å²) in [6.07, 6.45) is -1.21. The van der Waals surface area contributed by atoms with Gasteiger partial charge in [0.25, 0.3) is 0 Å². The Morgan fingerprint density at radius 2 is 1.86 bits per heavy atom. The molecule has 0 aliphatic rings. The molecule has 0 bridgehead atoms. The van der Waals surface area contributed by atoms with Crippen molar-refractivity contribution in [3.05, 3.63) is 102 Å². The van der Waals surface area contributed by atoms with Crippen molar-refractivity contribution in [1.29, 1.82) is 0 Å². The summed E-state index contributed by atoms with van der Waals surface area (Å²) in [5, 5.41) is 18.3. The minimum atomic E-state index is -4.51. The maximum atomic E-state index is 14.4. The Labute approximate surface area is 245 Å². The molecule has 3 N–H and O–H groups in total. The molecule has 226 valence electrons. The average Bonchev–Trinajstić information content (AvgIpc) is 3.36. The van der Waals surface area contributed by atoms with Gasteiger partial charge >= 0.3 is 6.18 Å². The number of aliphatic hydroxyl groups excluding tert-OH is 1. The summed E-state index contributed by atoms with van der Waals surface area (Å²) in [5.74, 6) is -0.625. The fourth-order valence-corrected chi connectivity index (χ4v) is 4.40. The summed E-state index contributed by atoms with van der Waals surface area (Å²) in [5.41, 5.74) is 1.79. The fourth-order valence-electron chi connectivity index (χ4n) is 4.40. The van der Waals surface area contributed by atoms with Crippen molar-refractivity contribution in [2.24, 2.45) is 0 Å². The van der Waals surface area contributed by atoms with Crippen LogP contribution < -0.4 is 10.1 Å². The minimum Gasteiger partial charge on any atom is -0.476 e. The van der Waals surface area contributed by atoms with Crippen LogP contribution in [0, 0.1) is 5.95 Å². The van der Waals surface area contributed by atoms with Gasteiger partial charge in [0, 0.05) is 50.6 Å². The van der Waals surface area contributed by atoms with Crippen molar-refractivity contribution in [2.45, 2.75) is 12.6 Å². The zero-order chi connectivity index (χ0) is 30.8. The second-order valence-electron chi connectivity index (χ2n) is 9.60. The van der Waals surface area contributed by atoms with Gasteiger partial charge in [-0.3, -0.25) is 9.89 Å². The van der Waals surface area contributed by atoms with Crippen LogP contribution in [0.25, 0.3) is 22.0 Å². The van der Waals surface area contributed by atoms with Gasteiger partial charge in [0.2, 0.25) is 17.7 Å². The third-order valence-electron chi connectivity index (χ3n) is 6.49. The summed E-state index contributed by atoms with van der Waals surface area (Å²) < 4.78 is 61.7. The molecule has 0 saturated heterocycles. The highest BCUT2D eigenvalue weighted by Crippen LogP contribution is 2.40. The quantitative estimate of drug-likeness (QED) is 0.0870. The molecule has 4 rings (SSSR count). The molecule has 1 amide bonds. The number of rotatable bonds is 13. The largest absolute Gasteiger partial charge is 0.476 e. The van der Waals surface area contributed by atoms with Crippen molar-refractivity contribution in [3.8, 4) is 5.88 Å². The van der Waals surface area contributed by atoms with E-state index in [9.17, 15) is 22.4 Å². The Morgan fingerprint density at radius 1 is 1.09 bits per heavy atom. The first-order valence-corrected chi connectivity index (χ1v) is 13.5. The second kappa shape index (κ2) is 14.6. The number of nitrogens with one attached hydrogen (secondary N) is 2. The van der Waals surface area contributed by atoms with E-state index in [-0.39, 0.29) is 48.1 Å². The number of aromatic nitrogens is 3. The number of benzene rings is 2. The van der Waals surface area contributed by atoms with Crippen molar-refractivity contribution in [2.75, 3.05) is 39.9 Å². The number of pyridine rings is 1. The molecule has 8 nitrogen and oxygen atoms in total. The smallest absolute Gasteiger partial charge is 0.393 e. The first-order valence-electron chi connectivity index (χ1n) is 13.5. The number of hydrogen-bond donors (Lipinski definition) is 3. The van der Waals surface area contributed by atoms with E-state index in [0.29, 0.717) is 35.3 Å². The monoisotopic (exact) mass is 597 g/mol. The molecule has 0 aliphatic carbocycles. The third-order valence-corrected chi connectivity index (χ3v) is 6.49. The van der Waals surface area contributed by atoms with Crippen molar-refractivity contribution in [3.63, 3.8) is 0 Å². The highest BCUT2D eigenvalue weighted by Gasteiger charge is 2.31. The van der Waals surface area contributed by atoms with E-state index in [2.05, 4.69) is 20.5 Å². The van der Waals surface area contributed by atoms with Crippen LogP contribution in [-0.2, 0) is 4.79 Å². The van der Waals surface area contributed by atoms with Gasteiger partial charge in [-0.25, -0.2) is 4.98 Å². The number of ether oxygens (including phenoxy) is 1. The highest BCUT2D eigenvalue weighted by molar-refractivity contribution is 6.00. The molecule has 12 heteroatoms. The molecule has 2 aromatic carbocycles. The van der Waals surface area contributed by atoms with Crippen LogP contribution >= 0.6 is 0 Å². The Morgan fingerprint density at radius 3 is 2.56 bits per heavy atom. The predicted molar refractivity (Wildman–Crippen MR) is 156 cm³/mol. The van der Waals surface area contributed by atoms with E-state index >= 15 is 0 Å². The SMILES string of the molecule is CN(CCO)C(=O)/C=C/CNCCOc1ccc(/C(=C(/CC(F)(F)F)c2ccccc2)c2ccc3n[nH]c(F)c3c2)cn1. The molecular formula is C31H31F4N5O3. The van der Waals surface area contributed by atoms with Gasteiger partial charge in [-0.05, 0) is 40.5 Å². The van der Waals surface area contributed by atoms with Gasteiger partial charge in [-0.1, -0.05) is 42.5 Å². The molecule has 0 saturated carbocycles. The lowest BCUT2D eigenvalue weighted by atomic mass is 9.88. The number of allylic oxidation sites excluding steroid dienone is 1. The van der Waals surface area contributed by atoms with E-state index in [0.717, 1.165) is 0 Å². The Balaban J connectivity index is 1.54. The number of carbonyl (C=O) groups is 1. The van der Waals surface area contributed by atoms with Crippen LogP contribution in [-0.4, -0.2) is 77.2 Å². The number of amides is 1. The van der Waals surface area contributed by atoms with Crippen LogP contribution in [0.5, 0.6) is 5.88 Å². The number of alkyl halides is 3. The van der Waals surface area contributed by atoms with Crippen LogP contribution in [0.3, 0.4) is 0 Å². The van der Waals surface area contributed by atoms with Gasteiger partial charge in [0.1, 0.15) is 6.61 Å². The van der Waals surface area contributed by atoms with E-state index in [4.69, 9.17) is 9.84 Å². The van der Waals surface area contributed by atoms with Crippen LogP contribution in [0.1, 0.15) is 23.1 Å². The molecule has 2 aromatic heterocycles. The number of hydrogen-bond acceptors (Lipinski definition) is 6. The molecule has 0 atom stereocenters. The van der Waals surface area contributed by atoms with Gasteiger partial charge in [0.15, 0.2) is 0 Å². The lowest BCUT2D eigenvalue weighted by Gasteiger charge is -2.19. The molecule has 0 radical (unpaired) electrons. The lowest BCUT2D eigenvalue weighted by molar-refractivity contribution is -0.125. The topological polar surface area (TPSA) is 103 Å². The number of aromatic amines is 1. The first kappa shape index (κ1) is 31.4. The Hall–Kier alpha value is -4.55. The zero-order valence-electron chi connectivity index (χ0n) is 23.4. The van der Waals surface area contributed by atoms with Gasteiger partial charge in [-0.2, -0.15) is 22.7 Å². The van der Waals surface area contributed by atoms with Crippen LogP contribution in [0.15, 0.2) is 79.0 Å². The van der Waals surface area contributed by atoms with Crippen LogP contribution in [0.4, 0.5) is 17.6 Å². The molecule has 0 fully saturated rings. The summed E-state index contributed by atoms with van der Waals surface area (Å²) >= 11 is 0. The number of aliphatic hydroxyl groups is 1. The fraction of sp³-hybridized carbons (Fsp3) is 0.258. The standard InChI is InChI=1S/C31H31F4N5O3/c1-40(15-16-41)28(42)8-5-13-36-14-17-43-27-12-10-23(20-37-27)29(22-9-11-26-24(18-22)30(32)39-38-26)25(19-31(33,34)35)21-6-3-2-4-7-21/h2-12,18,20,36,41H,13-17,19H2,1H3,(H,38,39)/b8-5+,29-25-. The summed E-state index contributed by atoms with van der Waals surface area (Å²) in [6.45, 7) is 1.26. The number of halogens is 4. The van der Waals surface area contributed by atoms with E-state index in [1.165, 1.54) is 23.2 Å². The summed E-state index contributed by atoms with van der Waals surface area (Å²) in [4.78, 5) is 17.5. The van der Waals surface area contributed by atoms with Crippen molar-refractivity contribution in [1.82, 2.24) is 25.4 Å². The second-order valence-corrected chi connectivity index (χ2v) is 9.60. The average molecular weight is 598 g/mol. The predicted octanol–water partition coefficient (Wildman–Crippen LogP) is 4.98. The van der Waals surface area contributed by atoms with E-state index < -0.39 is 18.5 Å². The normalized spacial score (nSPS) is 12.5. The Bertz CT molecular complexity index is 1570. The number of likely N-dealkylation sites (N-methyl/N-ethyl adjacent to an activating group) is 1. The molecular weight excluding hydrogens is 566 g/mol. The maximum absolute atomic E-state index is 14.4. The number of nitrogens with zero attached hydrogens (tertiary/aromatic N) is 3. The minimum absolute atomic E-state index is 0.0186. The van der Waals surface area contributed by atoms with Crippen molar-refractivity contribution >= 4 is 28.0 Å². The van der Waals surface area contributed by atoms with Crippen LogP contribution in [0.2, 0.25) is 0 Å². The third kappa shape index (κ3) is 8.72. The molecule has 0 aliphatic heterocycles. The number of fused-ring (bicyclic) bond motifs is 1. The maximum Gasteiger partial charge on any atom is 0.393 e. The summed E-state index contributed by atoms with van der Waals surface area (Å²) in [7, 11) is 1.60. The van der Waals surface area contributed by atoms with Gasteiger partial charge in [-0.15, -0.1) is 0 Å². The Kier molecular flexibility index (Phi) is 10.6. The highest BCUT2D eigenvalue weighted by atomic mass is 19.4. The molecule has 4 aromatic rings. The molecule has 0 unspecified atom stereocenters. The van der Waals surface area contributed by atoms with Crippen molar-refractivity contribution < 1.29 is 32.2 Å². The zero-order valence-corrected chi connectivity index (χ0v) is 23.4. The first-order chi connectivity index (χ1) is 20.7. The summed E-state index contributed by atoms with van der Waals surface area (Å²) in [6, 6.07) is 16.1. The molecule has 43 heavy (non-hydrogen) atoms. The van der Waals surface area contributed by atoms with Gasteiger partial charge < -0.3 is 20.1 Å². The van der Waals surface area contributed by atoms with E-state index in [1.807, 2.05) is 0 Å². The molecule has 2 heterocycles. The van der Waals surface area contributed by atoms with E-state index in [1.54, 1.807) is 67.7 Å². The number of H-pyrrole nitrogens is 1.